The van der Waals surface area contributed by atoms with Crippen LogP contribution in [0.15, 0.2) is 42.6 Å². The number of nitrogens with one attached hydrogen (secondary N) is 1. The molecule has 2 aliphatic heterocycles. The fourth-order valence-electron chi connectivity index (χ4n) is 4.89. The summed E-state index contributed by atoms with van der Waals surface area (Å²) in [4.78, 5) is 21.0. The van der Waals surface area contributed by atoms with E-state index in [1.807, 2.05) is 30.3 Å². The lowest BCUT2D eigenvalue weighted by Gasteiger charge is -2.27. The van der Waals surface area contributed by atoms with Gasteiger partial charge in [-0.2, -0.15) is 0 Å². The average Bonchev–Trinajstić information content (AvgIpc) is 3.13. The number of benzene rings is 2. The molecule has 3 heterocycles. The lowest BCUT2D eigenvalue weighted by Crippen LogP contribution is -2.28. The number of likely N-dealkylation sites (tertiary alicyclic amines) is 1. The van der Waals surface area contributed by atoms with Crippen LogP contribution in [0.5, 0.6) is 11.5 Å². The summed E-state index contributed by atoms with van der Waals surface area (Å²) in [7, 11) is 0. The van der Waals surface area contributed by atoms with Crippen molar-refractivity contribution in [3.05, 3.63) is 68.6 Å². The van der Waals surface area contributed by atoms with Gasteiger partial charge in [0.15, 0.2) is 16.6 Å². The predicted molar refractivity (Wildman–Crippen MR) is 135 cm³/mol. The molecule has 2 atom stereocenters. The third-order valence-electron chi connectivity index (χ3n) is 6.94. The Morgan fingerprint density at radius 2 is 2.00 bits per heavy atom. The van der Waals surface area contributed by atoms with Crippen molar-refractivity contribution < 1.29 is 19.4 Å². The zero-order chi connectivity index (χ0) is 24.2. The molecular weight excluding hydrogens is 509 g/mol. The highest BCUT2D eigenvalue weighted by atomic mass is 35.5. The van der Waals surface area contributed by atoms with Gasteiger partial charge in [0.05, 0.1) is 27.6 Å². The second-order valence-electron chi connectivity index (χ2n) is 9.19. The number of amides is 1. The maximum absolute atomic E-state index is 13.3. The molecule has 2 unspecified atom stereocenters. The number of hydrogen-bond acceptors (Lipinski definition) is 7. The van der Waals surface area contributed by atoms with Gasteiger partial charge < -0.3 is 19.9 Å². The number of halogens is 2. The Bertz CT molecular complexity index is 1300. The molecule has 6 rings (SSSR count). The molecule has 0 radical (unpaired) electrons. The van der Waals surface area contributed by atoms with E-state index in [9.17, 15) is 9.90 Å². The number of carbonyl (C=O) groups is 1. The van der Waals surface area contributed by atoms with Crippen LogP contribution in [0, 0.1) is 0 Å². The van der Waals surface area contributed by atoms with Crippen molar-refractivity contribution in [3.8, 4) is 11.5 Å². The quantitative estimate of drug-likeness (QED) is 0.465. The normalized spacial score (nSPS) is 21.2. The Balaban J connectivity index is 1.25. The van der Waals surface area contributed by atoms with Gasteiger partial charge in [-0.3, -0.25) is 9.69 Å². The van der Waals surface area contributed by atoms with Gasteiger partial charge in [-0.25, -0.2) is 4.98 Å². The largest absolute Gasteiger partial charge is 0.454 e. The summed E-state index contributed by atoms with van der Waals surface area (Å²) >= 11 is 13.9. The Morgan fingerprint density at radius 1 is 1.17 bits per heavy atom. The maximum Gasteiger partial charge on any atom is 0.236 e. The summed E-state index contributed by atoms with van der Waals surface area (Å²) in [6, 6.07) is 11.1. The molecule has 2 fully saturated rings. The summed E-state index contributed by atoms with van der Waals surface area (Å²) in [5.74, 6) is 1.31. The Morgan fingerprint density at radius 3 is 2.74 bits per heavy atom. The molecule has 1 saturated heterocycles. The molecule has 3 aromatic rings. The van der Waals surface area contributed by atoms with Crippen LogP contribution in [0.4, 0.5) is 5.13 Å². The lowest BCUT2D eigenvalue weighted by molar-refractivity contribution is -0.118. The summed E-state index contributed by atoms with van der Waals surface area (Å²) in [5.41, 5.74) is 1.32. The smallest absolute Gasteiger partial charge is 0.236 e. The van der Waals surface area contributed by atoms with Crippen molar-refractivity contribution in [3.63, 3.8) is 0 Å². The highest BCUT2D eigenvalue weighted by Crippen LogP contribution is 2.51. The van der Waals surface area contributed by atoms with Crippen molar-refractivity contribution in [2.24, 2.45) is 0 Å². The van der Waals surface area contributed by atoms with Gasteiger partial charge in [-0.05, 0) is 54.7 Å². The molecule has 182 valence electrons. The first-order chi connectivity index (χ1) is 16.9. The van der Waals surface area contributed by atoms with Crippen molar-refractivity contribution in [1.29, 1.82) is 0 Å². The summed E-state index contributed by atoms with van der Waals surface area (Å²) < 4.78 is 10.9. The van der Waals surface area contributed by atoms with Gasteiger partial charge in [-0.1, -0.05) is 46.7 Å². The fraction of sp³-hybridized carbons (Fsp3) is 0.360. The third-order valence-corrected chi connectivity index (χ3v) is 8.65. The van der Waals surface area contributed by atoms with Crippen LogP contribution in [-0.2, 0) is 10.2 Å². The van der Waals surface area contributed by atoms with Gasteiger partial charge in [0.25, 0.3) is 0 Å². The monoisotopic (exact) mass is 531 g/mol. The number of hydrogen-bond donors (Lipinski definition) is 2. The van der Waals surface area contributed by atoms with Crippen LogP contribution in [0.2, 0.25) is 10.0 Å². The summed E-state index contributed by atoms with van der Waals surface area (Å²) in [6.45, 7) is 1.50. The molecule has 3 aliphatic rings. The molecule has 35 heavy (non-hydrogen) atoms. The predicted octanol–water partition coefficient (Wildman–Crippen LogP) is 5.00. The molecule has 10 heteroatoms. The highest BCUT2D eigenvalue weighted by molar-refractivity contribution is 7.15. The number of carbonyl (C=O) groups excluding carboxylic acids is 1. The number of aromatic nitrogens is 1. The Hall–Kier alpha value is -2.36. The number of thiazole rings is 1. The number of aliphatic hydroxyl groups is 1. The van der Waals surface area contributed by atoms with Crippen molar-refractivity contribution in [1.82, 2.24) is 9.88 Å². The number of anilines is 1. The zero-order valence-corrected chi connectivity index (χ0v) is 21.0. The van der Waals surface area contributed by atoms with Crippen molar-refractivity contribution >= 4 is 45.6 Å². The average molecular weight is 532 g/mol. The number of fused-ring (bicyclic) bond motifs is 1. The van der Waals surface area contributed by atoms with Crippen LogP contribution in [0.25, 0.3) is 0 Å². The minimum atomic E-state index is -0.574. The van der Waals surface area contributed by atoms with E-state index in [-0.39, 0.29) is 24.8 Å². The first-order valence-corrected chi connectivity index (χ1v) is 13.0. The molecule has 1 aromatic heterocycles. The second kappa shape index (κ2) is 8.94. The SMILES string of the molecule is O=C(Nc1ncc(C(c2ccc(Cl)c(Cl)c2)N2CCC(O)C2)s1)C1(c2ccc3c(c2)OCO3)CC1. The van der Waals surface area contributed by atoms with Crippen LogP contribution < -0.4 is 14.8 Å². The minimum absolute atomic E-state index is 0.0695. The number of β-amino-alcohol motifs (C(OH)–C–C–N with tert-alkyl or cyclic N) is 1. The number of aliphatic hydroxyl groups excluding tert-OH is 1. The second-order valence-corrected chi connectivity index (χ2v) is 11.1. The van der Waals surface area contributed by atoms with Crippen molar-refractivity contribution in [2.45, 2.75) is 36.8 Å². The van der Waals surface area contributed by atoms with Gasteiger partial charge >= 0.3 is 0 Å². The van der Waals surface area contributed by atoms with Gasteiger partial charge in [-0.15, -0.1) is 0 Å². The Labute approximate surface area is 216 Å². The topological polar surface area (TPSA) is 83.9 Å². The molecule has 1 saturated carbocycles. The molecule has 1 aliphatic carbocycles. The highest BCUT2D eigenvalue weighted by Gasteiger charge is 2.52. The van der Waals surface area contributed by atoms with Crippen LogP contribution in [-0.4, -0.2) is 46.9 Å². The van der Waals surface area contributed by atoms with Crippen LogP contribution in [0.3, 0.4) is 0 Å². The zero-order valence-electron chi connectivity index (χ0n) is 18.7. The van der Waals surface area contributed by atoms with E-state index in [0.717, 1.165) is 35.4 Å². The van der Waals surface area contributed by atoms with E-state index >= 15 is 0 Å². The maximum atomic E-state index is 13.3. The minimum Gasteiger partial charge on any atom is -0.454 e. The number of ether oxygens (including phenoxy) is 2. The molecule has 7 nitrogen and oxygen atoms in total. The van der Waals surface area contributed by atoms with Crippen LogP contribution >= 0.6 is 34.5 Å². The molecule has 0 bridgehead atoms. The number of nitrogens with zero attached hydrogens (tertiary/aromatic N) is 2. The molecule has 2 aromatic carbocycles. The first-order valence-electron chi connectivity index (χ1n) is 11.5. The van der Waals surface area contributed by atoms with E-state index in [0.29, 0.717) is 39.6 Å². The van der Waals surface area contributed by atoms with E-state index < -0.39 is 5.41 Å². The van der Waals surface area contributed by atoms with Crippen LogP contribution in [0.1, 0.15) is 41.3 Å². The summed E-state index contributed by atoms with van der Waals surface area (Å²) in [5, 5.41) is 14.7. The third kappa shape index (κ3) is 4.27. The lowest BCUT2D eigenvalue weighted by atomic mass is 9.94. The molecule has 1 amide bonds. The molecular formula is C25H23Cl2N3O4S. The first kappa shape index (κ1) is 23.1. The van der Waals surface area contributed by atoms with Gasteiger partial charge in [0.2, 0.25) is 12.7 Å². The van der Waals surface area contributed by atoms with Crippen molar-refractivity contribution in [2.75, 3.05) is 25.2 Å². The Kier molecular flexibility index (Phi) is 5.89. The number of rotatable bonds is 6. The van der Waals surface area contributed by atoms with Gasteiger partial charge in [0.1, 0.15) is 0 Å². The molecule has 2 N–H and O–H groups in total. The van der Waals surface area contributed by atoms with E-state index in [1.54, 1.807) is 12.3 Å². The van der Waals surface area contributed by atoms with E-state index in [1.165, 1.54) is 11.3 Å². The fourth-order valence-corrected chi connectivity index (χ4v) is 6.17. The van der Waals surface area contributed by atoms with E-state index in [4.69, 9.17) is 32.7 Å². The van der Waals surface area contributed by atoms with E-state index in [2.05, 4.69) is 15.2 Å². The van der Waals surface area contributed by atoms with Gasteiger partial charge in [0, 0.05) is 24.2 Å². The molecule has 0 spiro atoms. The standard InChI is InChI=1S/C25H23Cl2N3O4S/c26-17-3-1-14(9-18(17)27)22(30-8-5-16(31)12-30)21-11-28-24(35-21)29-23(32)25(6-7-25)15-2-4-19-20(10-15)34-13-33-19/h1-4,9-11,16,22,31H,5-8,12-13H2,(H,28,29,32). The summed E-state index contributed by atoms with van der Waals surface area (Å²) in [6.07, 6.45) is 3.67.